The molecule has 0 aliphatic carbocycles. The molecular formula is C26H34ClN3O2. The van der Waals surface area contributed by atoms with Gasteiger partial charge >= 0.3 is 0 Å². The van der Waals surface area contributed by atoms with Crippen LogP contribution in [0, 0.1) is 0 Å². The van der Waals surface area contributed by atoms with Crippen LogP contribution in [-0.4, -0.2) is 54.9 Å². The SMILES string of the molecule is CCN(CC)CCCC(C)Nc1c2ccc(Cl)cc2nc2ccc(OC3CCOC3)cc12. The Bertz CT molecular complexity index is 1050. The number of ether oxygens (including phenoxy) is 2. The summed E-state index contributed by atoms with van der Waals surface area (Å²) in [5.41, 5.74) is 2.94. The monoisotopic (exact) mass is 455 g/mol. The topological polar surface area (TPSA) is 46.6 Å². The second-order valence-electron chi connectivity index (χ2n) is 8.65. The highest BCUT2D eigenvalue weighted by Crippen LogP contribution is 2.35. The van der Waals surface area contributed by atoms with E-state index in [4.69, 9.17) is 26.1 Å². The Morgan fingerprint density at radius 3 is 2.75 bits per heavy atom. The van der Waals surface area contributed by atoms with Gasteiger partial charge in [0.2, 0.25) is 0 Å². The molecule has 4 rings (SSSR count). The van der Waals surface area contributed by atoms with Gasteiger partial charge in [-0.05, 0) is 75.8 Å². The Labute approximate surface area is 196 Å². The Morgan fingerprint density at radius 2 is 2.00 bits per heavy atom. The summed E-state index contributed by atoms with van der Waals surface area (Å²) in [5, 5.41) is 6.65. The van der Waals surface area contributed by atoms with Crippen LogP contribution in [0.15, 0.2) is 36.4 Å². The molecule has 0 radical (unpaired) electrons. The number of hydrogen-bond acceptors (Lipinski definition) is 5. The number of fused-ring (bicyclic) bond motifs is 2. The predicted octanol–water partition coefficient (Wildman–Crippen LogP) is 6.13. The van der Waals surface area contributed by atoms with Gasteiger partial charge in [-0.15, -0.1) is 0 Å². The van der Waals surface area contributed by atoms with E-state index in [1.54, 1.807) is 0 Å². The summed E-state index contributed by atoms with van der Waals surface area (Å²) >= 11 is 6.28. The van der Waals surface area contributed by atoms with Crippen molar-refractivity contribution in [3.8, 4) is 5.75 Å². The molecule has 2 heterocycles. The van der Waals surface area contributed by atoms with Crippen molar-refractivity contribution in [2.75, 3.05) is 38.2 Å². The molecular weight excluding hydrogens is 422 g/mol. The van der Waals surface area contributed by atoms with E-state index in [2.05, 4.69) is 43.1 Å². The molecule has 172 valence electrons. The molecule has 1 N–H and O–H groups in total. The molecule has 3 aromatic rings. The van der Waals surface area contributed by atoms with Crippen molar-refractivity contribution in [3.63, 3.8) is 0 Å². The molecule has 0 bridgehead atoms. The zero-order valence-electron chi connectivity index (χ0n) is 19.4. The van der Waals surface area contributed by atoms with E-state index in [0.717, 1.165) is 72.3 Å². The van der Waals surface area contributed by atoms with E-state index >= 15 is 0 Å². The van der Waals surface area contributed by atoms with Gasteiger partial charge in [0.15, 0.2) is 0 Å². The zero-order valence-corrected chi connectivity index (χ0v) is 20.1. The van der Waals surface area contributed by atoms with E-state index in [-0.39, 0.29) is 6.10 Å². The number of benzene rings is 2. The number of rotatable bonds is 10. The van der Waals surface area contributed by atoms with E-state index < -0.39 is 0 Å². The molecule has 2 atom stereocenters. The Hall–Kier alpha value is -2.08. The molecule has 2 aromatic carbocycles. The third-order valence-corrected chi connectivity index (χ3v) is 6.53. The average molecular weight is 456 g/mol. The summed E-state index contributed by atoms with van der Waals surface area (Å²) in [5.74, 6) is 0.861. The standard InChI is InChI=1S/C26H34ClN3O2/c1-4-30(5-2)13-6-7-18(3)28-26-22-10-8-19(27)15-25(22)29-24-11-9-20(16-23(24)26)32-21-12-14-31-17-21/h8-11,15-16,18,21H,4-7,12-14,17H2,1-3H3,(H,28,29). The van der Waals surface area contributed by atoms with Crippen molar-refractivity contribution in [2.45, 2.75) is 52.2 Å². The summed E-state index contributed by atoms with van der Waals surface area (Å²) < 4.78 is 11.7. The lowest BCUT2D eigenvalue weighted by Gasteiger charge is -2.22. The molecule has 2 unspecified atom stereocenters. The first kappa shape index (κ1) is 23.1. The van der Waals surface area contributed by atoms with Crippen LogP contribution in [0.1, 0.15) is 40.0 Å². The van der Waals surface area contributed by atoms with Gasteiger partial charge < -0.3 is 19.7 Å². The fourth-order valence-corrected chi connectivity index (χ4v) is 4.57. The van der Waals surface area contributed by atoms with Crippen LogP contribution in [0.4, 0.5) is 5.69 Å². The number of nitrogens with one attached hydrogen (secondary N) is 1. The van der Waals surface area contributed by atoms with Gasteiger partial charge in [-0.2, -0.15) is 0 Å². The third-order valence-electron chi connectivity index (χ3n) is 6.29. The maximum absolute atomic E-state index is 6.28. The number of pyridine rings is 1. The van der Waals surface area contributed by atoms with Crippen LogP contribution in [0.3, 0.4) is 0 Å². The second-order valence-corrected chi connectivity index (χ2v) is 9.08. The van der Waals surface area contributed by atoms with Crippen molar-refractivity contribution in [2.24, 2.45) is 0 Å². The minimum absolute atomic E-state index is 0.120. The average Bonchev–Trinajstić information content (AvgIpc) is 3.30. The largest absolute Gasteiger partial charge is 0.488 e. The first-order valence-corrected chi connectivity index (χ1v) is 12.2. The minimum atomic E-state index is 0.120. The molecule has 1 saturated heterocycles. The van der Waals surface area contributed by atoms with E-state index in [1.807, 2.05) is 24.3 Å². The lowest BCUT2D eigenvalue weighted by molar-refractivity contribution is 0.141. The maximum Gasteiger partial charge on any atom is 0.124 e. The third kappa shape index (κ3) is 5.45. The lowest BCUT2D eigenvalue weighted by Crippen LogP contribution is -2.25. The van der Waals surface area contributed by atoms with Crippen LogP contribution >= 0.6 is 11.6 Å². The smallest absolute Gasteiger partial charge is 0.124 e. The molecule has 6 heteroatoms. The highest BCUT2D eigenvalue weighted by atomic mass is 35.5. The molecule has 5 nitrogen and oxygen atoms in total. The molecule has 0 saturated carbocycles. The van der Waals surface area contributed by atoms with Gasteiger partial charge in [-0.1, -0.05) is 25.4 Å². The van der Waals surface area contributed by atoms with Crippen molar-refractivity contribution in [1.82, 2.24) is 9.88 Å². The van der Waals surface area contributed by atoms with Gasteiger partial charge in [-0.25, -0.2) is 4.98 Å². The van der Waals surface area contributed by atoms with Crippen LogP contribution in [0.5, 0.6) is 5.75 Å². The minimum Gasteiger partial charge on any atom is -0.488 e. The number of aromatic nitrogens is 1. The highest BCUT2D eigenvalue weighted by Gasteiger charge is 2.18. The predicted molar refractivity (Wildman–Crippen MR) is 134 cm³/mol. The van der Waals surface area contributed by atoms with Crippen LogP contribution in [-0.2, 0) is 4.74 Å². The van der Waals surface area contributed by atoms with Gasteiger partial charge in [0.1, 0.15) is 11.9 Å². The normalized spacial score (nSPS) is 17.3. The molecule has 1 aromatic heterocycles. The summed E-state index contributed by atoms with van der Waals surface area (Å²) in [6.45, 7) is 11.5. The van der Waals surface area contributed by atoms with E-state index in [0.29, 0.717) is 17.7 Å². The lowest BCUT2D eigenvalue weighted by atomic mass is 10.1. The quantitative estimate of drug-likeness (QED) is 0.372. The highest BCUT2D eigenvalue weighted by molar-refractivity contribution is 6.31. The van der Waals surface area contributed by atoms with Gasteiger partial charge in [-0.3, -0.25) is 0 Å². The van der Waals surface area contributed by atoms with Crippen molar-refractivity contribution < 1.29 is 9.47 Å². The fraction of sp³-hybridized carbons (Fsp3) is 0.500. The van der Waals surface area contributed by atoms with Gasteiger partial charge in [0.05, 0.1) is 29.9 Å². The number of halogens is 1. The van der Waals surface area contributed by atoms with Gasteiger partial charge in [0.25, 0.3) is 0 Å². The Balaban J connectivity index is 1.63. The zero-order chi connectivity index (χ0) is 22.5. The maximum atomic E-state index is 6.28. The van der Waals surface area contributed by atoms with Crippen LogP contribution in [0.25, 0.3) is 21.8 Å². The summed E-state index contributed by atoms with van der Waals surface area (Å²) in [6, 6.07) is 12.4. The molecule has 0 spiro atoms. The van der Waals surface area contributed by atoms with E-state index in [1.165, 1.54) is 6.42 Å². The van der Waals surface area contributed by atoms with Gasteiger partial charge in [0, 0.05) is 28.3 Å². The van der Waals surface area contributed by atoms with Crippen molar-refractivity contribution in [1.29, 1.82) is 0 Å². The Kier molecular flexibility index (Phi) is 7.71. The Morgan fingerprint density at radius 1 is 1.16 bits per heavy atom. The molecule has 1 fully saturated rings. The number of nitrogens with zero attached hydrogens (tertiary/aromatic N) is 2. The van der Waals surface area contributed by atoms with Crippen LogP contribution < -0.4 is 10.1 Å². The summed E-state index contributed by atoms with van der Waals surface area (Å²) in [6.07, 6.45) is 3.32. The first-order chi connectivity index (χ1) is 15.6. The molecule has 0 amide bonds. The van der Waals surface area contributed by atoms with Crippen molar-refractivity contribution >= 4 is 39.1 Å². The second kappa shape index (κ2) is 10.7. The fourth-order valence-electron chi connectivity index (χ4n) is 4.40. The number of anilines is 1. The first-order valence-electron chi connectivity index (χ1n) is 11.8. The molecule has 1 aliphatic rings. The van der Waals surface area contributed by atoms with Crippen LogP contribution in [0.2, 0.25) is 5.02 Å². The molecule has 32 heavy (non-hydrogen) atoms. The van der Waals surface area contributed by atoms with Crippen molar-refractivity contribution in [3.05, 3.63) is 41.4 Å². The van der Waals surface area contributed by atoms with E-state index in [9.17, 15) is 0 Å². The molecule has 1 aliphatic heterocycles. The number of hydrogen-bond donors (Lipinski definition) is 1. The summed E-state index contributed by atoms with van der Waals surface area (Å²) in [7, 11) is 0. The summed E-state index contributed by atoms with van der Waals surface area (Å²) in [4.78, 5) is 7.35.